The molecule has 26 heavy (non-hydrogen) atoms. The summed E-state index contributed by atoms with van der Waals surface area (Å²) in [6, 6.07) is 6.81. The van der Waals surface area contributed by atoms with Gasteiger partial charge in [-0.3, -0.25) is 14.4 Å². The van der Waals surface area contributed by atoms with Gasteiger partial charge in [-0.15, -0.1) is 0 Å². The second-order valence-electron chi connectivity index (χ2n) is 6.52. The Hall–Kier alpha value is -1.93. The van der Waals surface area contributed by atoms with Crippen LogP contribution in [-0.4, -0.2) is 61.5 Å². The molecule has 1 aromatic rings. The first kappa shape index (κ1) is 18.8. The van der Waals surface area contributed by atoms with E-state index in [0.717, 1.165) is 10.2 Å². The molecule has 1 N–H and O–H groups in total. The smallest absolute Gasteiger partial charge is 0.245 e. The molecule has 2 aliphatic heterocycles. The van der Waals surface area contributed by atoms with Gasteiger partial charge in [0.2, 0.25) is 17.7 Å². The van der Waals surface area contributed by atoms with Crippen LogP contribution in [0.1, 0.15) is 13.3 Å². The molecule has 2 fully saturated rings. The lowest BCUT2D eigenvalue weighted by atomic mass is 10.1. The van der Waals surface area contributed by atoms with Gasteiger partial charge in [0, 0.05) is 30.5 Å². The van der Waals surface area contributed by atoms with Crippen LogP contribution in [0.2, 0.25) is 0 Å². The van der Waals surface area contributed by atoms with E-state index < -0.39 is 12.0 Å². The predicted molar refractivity (Wildman–Crippen MR) is 99.6 cm³/mol. The number of hydrogen-bond acceptors (Lipinski definition) is 4. The molecule has 1 aromatic carbocycles. The number of morpholine rings is 1. The fourth-order valence-corrected chi connectivity index (χ4v) is 3.74. The van der Waals surface area contributed by atoms with Crippen molar-refractivity contribution in [3.8, 4) is 0 Å². The van der Waals surface area contributed by atoms with Gasteiger partial charge < -0.3 is 19.9 Å². The molecule has 2 saturated heterocycles. The Kier molecular flexibility index (Phi) is 5.93. The third-order valence-corrected chi connectivity index (χ3v) is 5.36. The van der Waals surface area contributed by atoms with Gasteiger partial charge >= 0.3 is 0 Å². The average Bonchev–Trinajstić information content (AvgIpc) is 3.04. The predicted octanol–water partition coefficient (Wildman–Crippen LogP) is 1.17. The average molecular weight is 424 g/mol. The van der Waals surface area contributed by atoms with E-state index in [-0.39, 0.29) is 24.1 Å². The third-order valence-electron chi connectivity index (χ3n) is 4.69. The van der Waals surface area contributed by atoms with E-state index in [9.17, 15) is 14.4 Å². The highest BCUT2D eigenvalue weighted by Crippen LogP contribution is 2.31. The Balaban J connectivity index is 1.59. The van der Waals surface area contributed by atoms with Gasteiger partial charge in [0.1, 0.15) is 6.04 Å². The second-order valence-corrected chi connectivity index (χ2v) is 7.38. The normalized spacial score (nSPS) is 21.6. The van der Waals surface area contributed by atoms with Crippen LogP contribution in [0, 0.1) is 5.92 Å². The largest absolute Gasteiger partial charge is 0.378 e. The van der Waals surface area contributed by atoms with Crippen LogP contribution in [0.25, 0.3) is 0 Å². The number of hydrogen-bond donors (Lipinski definition) is 1. The standard InChI is InChI=1S/C18H22BrN3O4/c1-12(18(25)21-6-8-26-9-7-21)20-17(24)13-10-16(23)22(11-13)15-5-3-2-4-14(15)19/h2-5,12-13H,6-11H2,1H3,(H,20,24). The SMILES string of the molecule is CC(NC(=O)C1CC(=O)N(c2ccccc2Br)C1)C(=O)N1CCOCC1. The molecule has 3 amide bonds. The number of carbonyl (C=O) groups excluding carboxylic acids is 3. The summed E-state index contributed by atoms with van der Waals surface area (Å²) < 4.78 is 6.05. The van der Waals surface area contributed by atoms with Crippen LogP contribution in [0.4, 0.5) is 5.69 Å². The molecular weight excluding hydrogens is 402 g/mol. The Bertz CT molecular complexity index is 705. The van der Waals surface area contributed by atoms with Gasteiger partial charge in [0.25, 0.3) is 0 Å². The van der Waals surface area contributed by atoms with Crippen molar-refractivity contribution >= 4 is 39.3 Å². The van der Waals surface area contributed by atoms with Gasteiger partial charge in [-0.1, -0.05) is 12.1 Å². The Morgan fingerprint density at radius 2 is 1.96 bits per heavy atom. The van der Waals surface area contributed by atoms with E-state index in [1.165, 1.54) is 0 Å². The number of nitrogens with one attached hydrogen (secondary N) is 1. The third kappa shape index (κ3) is 4.07. The molecule has 0 bridgehead atoms. The van der Waals surface area contributed by atoms with Crippen molar-refractivity contribution in [2.45, 2.75) is 19.4 Å². The quantitative estimate of drug-likeness (QED) is 0.787. The van der Waals surface area contributed by atoms with Crippen molar-refractivity contribution in [2.75, 3.05) is 37.7 Å². The molecule has 0 radical (unpaired) electrons. The van der Waals surface area contributed by atoms with Crippen molar-refractivity contribution in [3.63, 3.8) is 0 Å². The minimum atomic E-state index is -0.617. The molecule has 0 aliphatic carbocycles. The van der Waals surface area contributed by atoms with Crippen molar-refractivity contribution in [3.05, 3.63) is 28.7 Å². The summed E-state index contributed by atoms with van der Waals surface area (Å²) in [7, 11) is 0. The van der Waals surface area contributed by atoms with E-state index >= 15 is 0 Å². The zero-order valence-corrected chi connectivity index (χ0v) is 16.2. The number of rotatable bonds is 4. The number of ether oxygens (including phenoxy) is 1. The van der Waals surface area contributed by atoms with Gasteiger partial charge in [-0.25, -0.2) is 0 Å². The molecule has 2 unspecified atom stereocenters. The number of anilines is 1. The Morgan fingerprint density at radius 1 is 1.27 bits per heavy atom. The minimum absolute atomic E-state index is 0.0933. The van der Waals surface area contributed by atoms with Crippen LogP contribution in [-0.2, 0) is 19.1 Å². The molecule has 0 spiro atoms. The lowest BCUT2D eigenvalue weighted by Crippen LogP contribution is -2.51. The molecule has 140 valence electrons. The molecule has 2 atom stereocenters. The van der Waals surface area contributed by atoms with Crippen LogP contribution in [0.5, 0.6) is 0 Å². The highest BCUT2D eigenvalue weighted by molar-refractivity contribution is 9.10. The summed E-state index contributed by atoms with van der Waals surface area (Å²) in [5.74, 6) is -0.936. The molecule has 8 heteroatoms. The summed E-state index contributed by atoms with van der Waals surface area (Å²) in [6.45, 7) is 4.10. The first-order valence-corrected chi connectivity index (χ1v) is 9.48. The zero-order chi connectivity index (χ0) is 18.7. The van der Waals surface area contributed by atoms with Crippen LogP contribution in [0.15, 0.2) is 28.7 Å². The molecule has 7 nitrogen and oxygen atoms in total. The summed E-state index contributed by atoms with van der Waals surface area (Å²) >= 11 is 3.44. The number of para-hydroxylation sites is 1. The fourth-order valence-electron chi connectivity index (χ4n) is 3.24. The van der Waals surface area contributed by atoms with E-state index in [1.807, 2.05) is 24.3 Å². The lowest BCUT2D eigenvalue weighted by molar-refractivity contribution is -0.140. The summed E-state index contributed by atoms with van der Waals surface area (Å²) in [6.07, 6.45) is 0.144. The highest BCUT2D eigenvalue weighted by atomic mass is 79.9. The number of nitrogens with zero attached hydrogens (tertiary/aromatic N) is 2. The van der Waals surface area contributed by atoms with Gasteiger partial charge in [-0.05, 0) is 35.0 Å². The maximum absolute atomic E-state index is 12.6. The topological polar surface area (TPSA) is 79.0 Å². The summed E-state index contributed by atoms with van der Waals surface area (Å²) in [4.78, 5) is 40.6. The minimum Gasteiger partial charge on any atom is -0.378 e. The summed E-state index contributed by atoms with van der Waals surface area (Å²) in [5, 5.41) is 2.76. The Labute approximate surface area is 160 Å². The zero-order valence-electron chi connectivity index (χ0n) is 14.6. The first-order chi connectivity index (χ1) is 12.5. The lowest BCUT2D eigenvalue weighted by Gasteiger charge is -2.29. The maximum atomic E-state index is 12.6. The van der Waals surface area contributed by atoms with Crippen LogP contribution in [0.3, 0.4) is 0 Å². The first-order valence-electron chi connectivity index (χ1n) is 8.69. The second kappa shape index (κ2) is 8.18. The van der Waals surface area contributed by atoms with Crippen molar-refractivity contribution in [2.24, 2.45) is 5.92 Å². The highest BCUT2D eigenvalue weighted by Gasteiger charge is 2.37. The number of amides is 3. The van der Waals surface area contributed by atoms with Crippen molar-refractivity contribution < 1.29 is 19.1 Å². The molecule has 2 aliphatic rings. The molecule has 0 aromatic heterocycles. The molecule has 2 heterocycles. The van der Waals surface area contributed by atoms with Gasteiger partial charge in [0.15, 0.2) is 0 Å². The maximum Gasteiger partial charge on any atom is 0.245 e. The number of halogens is 1. The Morgan fingerprint density at radius 3 is 2.65 bits per heavy atom. The summed E-state index contributed by atoms with van der Waals surface area (Å²) in [5.41, 5.74) is 0.755. The van der Waals surface area contributed by atoms with Crippen molar-refractivity contribution in [1.82, 2.24) is 10.2 Å². The van der Waals surface area contributed by atoms with Gasteiger partial charge in [0.05, 0.1) is 24.8 Å². The molecular formula is C18H22BrN3O4. The number of carbonyl (C=O) groups is 3. The van der Waals surface area contributed by atoms with Crippen LogP contribution >= 0.6 is 15.9 Å². The molecule has 0 saturated carbocycles. The van der Waals surface area contributed by atoms with E-state index in [2.05, 4.69) is 21.2 Å². The fraction of sp³-hybridized carbons (Fsp3) is 0.500. The van der Waals surface area contributed by atoms with Gasteiger partial charge in [-0.2, -0.15) is 0 Å². The van der Waals surface area contributed by atoms with Crippen molar-refractivity contribution in [1.29, 1.82) is 0 Å². The monoisotopic (exact) mass is 423 g/mol. The number of benzene rings is 1. The van der Waals surface area contributed by atoms with E-state index in [1.54, 1.807) is 16.7 Å². The molecule has 3 rings (SSSR count). The van der Waals surface area contributed by atoms with E-state index in [4.69, 9.17) is 4.74 Å². The van der Waals surface area contributed by atoms with Crippen LogP contribution < -0.4 is 10.2 Å². The van der Waals surface area contributed by atoms with E-state index in [0.29, 0.717) is 32.8 Å².